The molecule has 21 nitrogen and oxygen atoms in total. The summed E-state index contributed by atoms with van der Waals surface area (Å²) >= 11 is 0. The summed E-state index contributed by atoms with van der Waals surface area (Å²) in [6.07, 6.45) is 11.0. The Kier molecular flexibility index (Phi) is 29.4. The molecule has 2 bridgehead atoms. The van der Waals surface area contributed by atoms with Crippen molar-refractivity contribution in [3.63, 3.8) is 0 Å². The summed E-state index contributed by atoms with van der Waals surface area (Å²) in [4.78, 5) is 78.1. The number of nitrogens with zero attached hydrogens (tertiary/aromatic N) is 2. The number of ketones is 1. The van der Waals surface area contributed by atoms with Gasteiger partial charge in [-0.15, -0.1) is 0 Å². The summed E-state index contributed by atoms with van der Waals surface area (Å²) in [5.74, 6) is -5.06. The van der Waals surface area contributed by atoms with Crippen molar-refractivity contribution in [2.45, 2.75) is 204 Å². The molecule has 11 atom stereocenters. The number of carbonyl (C=O) groups excluding carboxylic acids is 3. The molecule has 8 N–H and O–H groups in total. The maximum atomic E-state index is 14.0. The number of phosphoric acid groups is 2. The number of rotatable bonds is 21. The van der Waals surface area contributed by atoms with Gasteiger partial charge in [0.1, 0.15) is 36.6 Å². The number of aromatic nitrogens is 2. The number of allylic oxidation sites excluding steroid dienone is 2. The molecule has 0 spiro atoms. The number of ether oxygens (including phenoxy) is 3. The number of hydrogen-bond donors (Lipinski definition) is 7. The van der Waals surface area contributed by atoms with Gasteiger partial charge in [0.2, 0.25) is 0 Å². The number of anilines is 1. The first-order valence-electron chi connectivity index (χ1n) is 25.5. The van der Waals surface area contributed by atoms with Crippen LogP contribution in [0.5, 0.6) is 0 Å². The maximum Gasteiger partial charge on any atom is 0.481 e. The van der Waals surface area contributed by atoms with E-state index >= 15 is 0 Å². The first kappa shape index (κ1) is 62.1. The maximum absolute atomic E-state index is 14.0. The van der Waals surface area contributed by atoms with Crippen molar-refractivity contribution in [3.05, 3.63) is 47.1 Å². The molecular formula is C48H81N3O18P2. The fourth-order valence-corrected chi connectivity index (χ4v) is 10.4. The van der Waals surface area contributed by atoms with E-state index in [0.717, 1.165) is 55.9 Å². The first-order chi connectivity index (χ1) is 33.9. The molecule has 2 unspecified atom stereocenters. The lowest BCUT2D eigenvalue weighted by molar-refractivity contribution is -0.188. The number of phosphoric ester groups is 2. The topological polar surface area (TPSA) is 323 Å². The molecule has 71 heavy (non-hydrogen) atoms. The van der Waals surface area contributed by atoms with Gasteiger partial charge in [-0.3, -0.25) is 28.0 Å². The van der Waals surface area contributed by atoms with Crippen LogP contribution in [0.2, 0.25) is 0 Å². The Balaban J connectivity index is 1.84. The van der Waals surface area contributed by atoms with Crippen molar-refractivity contribution in [2.24, 2.45) is 11.8 Å². The van der Waals surface area contributed by atoms with E-state index in [4.69, 9.17) is 29.0 Å². The fraction of sp³-hybridized carbons (Fsp3) is 0.771. The molecule has 0 aromatic carbocycles. The number of carbonyl (C=O) groups is 3. The van der Waals surface area contributed by atoms with Gasteiger partial charge in [-0.25, -0.2) is 13.9 Å². The van der Waals surface area contributed by atoms with Crippen molar-refractivity contribution in [1.82, 2.24) is 9.55 Å². The largest absolute Gasteiger partial charge is 0.481 e. The number of unbranched alkanes of at least 4 members (excludes halogenated alkanes) is 11. The van der Waals surface area contributed by atoms with Crippen molar-refractivity contribution in [1.29, 1.82) is 0 Å². The standard InChI is InChI=1S/C48H81N3O18P2/c1-3-5-7-8-9-10-11-12-13-14-15-16-22-26-44(56)67-36-32-64-43(55)25-21-18-17-20-24-38-40(54)31-39(53)37(28-27-35(52)23-19-6-4-2)45(57)46(58)41(34-66-71(62,63)69-70(60,61)65-33-36)68-47(38)51-30-29-42(49)50-48(51)59/h10-11,27-30,35-38,40-41,45-47,52,54,57-58H,3-9,12-26,31-34H2,1-2H3,(H,60,61)(H,62,63)(H2,49,50,59)/b11-10-,28-27+/t35-,36+,37-,38-,40-,41+,45-,46+,47+/m0/s1. The van der Waals surface area contributed by atoms with Gasteiger partial charge in [-0.05, 0) is 57.4 Å². The highest BCUT2D eigenvalue weighted by Gasteiger charge is 2.45. The summed E-state index contributed by atoms with van der Waals surface area (Å²) in [6.45, 7) is 1.44. The fourth-order valence-electron chi connectivity index (χ4n) is 8.33. The number of nitrogen functional groups attached to an aromatic ring is 1. The quantitative estimate of drug-likeness (QED) is 0.0288. The molecule has 3 heterocycles. The second-order valence-corrected chi connectivity index (χ2v) is 21.5. The van der Waals surface area contributed by atoms with Crippen LogP contribution in [-0.2, 0) is 51.1 Å². The number of aliphatic hydroxyl groups excluding tert-OH is 4. The molecule has 406 valence electrons. The van der Waals surface area contributed by atoms with E-state index in [9.17, 15) is 58.5 Å². The van der Waals surface area contributed by atoms with Crippen LogP contribution < -0.4 is 11.4 Å². The first-order valence-corrected chi connectivity index (χ1v) is 28.4. The second-order valence-electron chi connectivity index (χ2n) is 18.4. The van der Waals surface area contributed by atoms with E-state index in [0.29, 0.717) is 44.9 Å². The molecular weight excluding hydrogens is 968 g/mol. The highest BCUT2D eigenvalue weighted by Crippen LogP contribution is 2.60. The summed E-state index contributed by atoms with van der Waals surface area (Å²) in [5, 5.41) is 45.7. The monoisotopic (exact) mass is 1050 g/mol. The molecule has 23 heteroatoms. The van der Waals surface area contributed by atoms with Crippen molar-refractivity contribution >= 4 is 39.2 Å². The molecule has 1 aromatic heterocycles. The Bertz CT molecular complexity index is 1950. The van der Waals surface area contributed by atoms with Gasteiger partial charge in [-0.2, -0.15) is 9.29 Å². The van der Waals surface area contributed by atoms with Crippen LogP contribution in [0, 0.1) is 11.8 Å². The van der Waals surface area contributed by atoms with Crippen LogP contribution in [0.3, 0.4) is 0 Å². The molecule has 2 fully saturated rings. The molecule has 0 radical (unpaired) electrons. The van der Waals surface area contributed by atoms with E-state index in [2.05, 4.69) is 28.4 Å². The summed E-state index contributed by atoms with van der Waals surface area (Å²) < 4.78 is 59.0. The Morgan fingerprint density at radius 1 is 0.859 bits per heavy atom. The van der Waals surface area contributed by atoms with Crippen LogP contribution in [0.1, 0.15) is 168 Å². The second kappa shape index (κ2) is 33.6. The van der Waals surface area contributed by atoms with Crippen LogP contribution in [0.25, 0.3) is 0 Å². The smallest absolute Gasteiger partial charge is 0.462 e. The normalized spacial score (nSPS) is 29.9. The zero-order valence-electron chi connectivity index (χ0n) is 41.5. The van der Waals surface area contributed by atoms with Crippen molar-refractivity contribution in [3.8, 4) is 0 Å². The van der Waals surface area contributed by atoms with E-state index in [1.807, 2.05) is 6.92 Å². The van der Waals surface area contributed by atoms with E-state index < -0.39 is 120 Å². The Morgan fingerprint density at radius 2 is 1.49 bits per heavy atom. The van der Waals surface area contributed by atoms with Crippen LogP contribution in [0.4, 0.5) is 5.82 Å². The lowest BCUT2D eigenvalue weighted by Crippen LogP contribution is -2.51. The predicted octanol–water partition coefficient (Wildman–Crippen LogP) is 6.81. The Morgan fingerprint density at radius 3 is 2.18 bits per heavy atom. The Hall–Kier alpha value is -3.17. The lowest BCUT2D eigenvalue weighted by Gasteiger charge is -2.39. The number of nitrogens with two attached hydrogens (primary N) is 1. The molecule has 0 amide bonds. The molecule has 1 aromatic rings. The average molecular weight is 1050 g/mol. The third-order valence-electron chi connectivity index (χ3n) is 12.4. The number of aliphatic hydroxyl groups is 4. The molecule has 0 saturated carbocycles. The number of Topliss-reactive ketones (excluding diaryl/α,β-unsaturated/α-hetero) is 1. The lowest BCUT2D eigenvalue weighted by atomic mass is 9.83. The van der Waals surface area contributed by atoms with E-state index in [1.54, 1.807) is 0 Å². The molecule has 2 aliphatic rings. The summed E-state index contributed by atoms with van der Waals surface area (Å²) in [6, 6.07) is 1.24. The molecule has 0 aliphatic carbocycles. The molecule has 3 rings (SSSR count). The van der Waals surface area contributed by atoms with Gasteiger partial charge < -0.3 is 50.2 Å². The van der Waals surface area contributed by atoms with Crippen LogP contribution in [0.15, 0.2) is 41.4 Å². The van der Waals surface area contributed by atoms with Gasteiger partial charge in [0, 0.05) is 31.4 Å². The van der Waals surface area contributed by atoms with Crippen LogP contribution in [-0.4, -0.2) is 114 Å². The van der Waals surface area contributed by atoms with Gasteiger partial charge in [-0.1, -0.05) is 115 Å². The molecule has 2 saturated heterocycles. The Labute approximate surface area is 417 Å². The number of hydrogen-bond acceptors (Lipinski definition) is 18. The van der Waals surface area contributed by atoms with Gasteiger partial charge >= 0.3 is 33.3 Å². The number of cyclic esters (lactones) is 1. The zero-order valence-corrected chi connectivity index (χ0v) is 43.3. The third kappa shape index (κ3) is 24.6. The zero-order chi connectivity index (χ0) is 52.2. The van der Waals surface area contributed by atoms with E-state index in [1.165, 1.54) is 50.1 Å². The summed E-state index contributed by atoms with van der Waals surface area (Å²) in [7, 11) is -11.3. The van der Waals surface area contributed by atoms with E-state index in [-0.39, 0.29) is 25.1 Å². The summed E-state index contributed by atoms with van der Waals surface area (Å²) in [5.41, 5.74) is 4.78. The minimum Gasteiger partial charge on any atom is -0.462 e. The van der Waals surface area contributed by atoms with Gasteiger partial charge in [0.15, 0.2) is 6.10 Å². The van der Waals surface area contributed by atoms with Crippen molar-refractivity contribution < 1.29 is 81.3 Å². The third-order valence-corrected chi connectivity index (χ3v) is 15.0. The number of esters is 2. The minimum atomic E-state index is -5.71. The highest BCUT2D eigenvalue weighted by molar-refractivity contribution is 7.61. The van der Waals surface area contributed by atoms with Crippen LogP contribution >= 0.6 is 15.6 Å². The minimum absolute atomic E-state index is 0.00667. The SMILES string of the molecule is CCCCCC/C=C\CCCCCCCC(=O)O[C@@H]1COC(=O)CCCCCC[C@@H]2[C@H](n3ccc(N)nc3=O)O[C@H](COP(=O)(O)OP(=O)(O)OC1)[C@@H](O)[C@@H](O)[C@@H](/C=C/[C@@H](O)CCCCC)C(=O)C[C@@H]2O. The van der Waals surface area contributed by atoms with Crippen molar-refractivity contribution in [2.75, 3.05) is 25.6 Å². The van der Waals surface area contributed by atoms with Gasteiger partial charge in [0.25, 0.3) is 0 Å². The number of fused-ring (bicyclic) bond motifs is 3. The highest BCUT2D eigenvalue weighted by atomic mass is 31.3. The van der Waals surface area contributed by atoms with Gasteiger partial charge in [0.05, 0.1) is 37.4 Å². The predicted molar refractivity (Wildman–Crippen MR) is 262 cm³/mol. The molecule has 2 aliphatic heterocycles. The average Bonchev–Trinajstić information content (AvgIpc) is 3.30.